The Bertz CT molecular complexity index is 812. The molecule has 1 aromatic carbocycles. The molecule has 29 heavy (non-hydrogen) atoms. The summed E-state index contributed by atoms with van der Waals surface area (Å²) in [5.41, 5.74) is 0.369. The summed E-state index contributed by atoms with van der Waals surface area (Å²) in [5.74, 6) is -0.256. The van der Waals surface area contributed by atoms with Gasteiger partial charge in [0.1, 0.15) is 0 Å². The van der Waals surface area contributed by atoms with Crippen molar-refractivity contribution >= 4 is 27.6 Å². The number of hydrogen-bond donors (Lipinski definition) is 1. The Morgan fingerprint density at radius 2 is 1.79 bits per heavy atom. The first kappa shape index (κ1) is 21.8. The van der Waals surface area contributed by atoms with E-state index in [0.717, 1.165) is 19.3 Å². The van der Waals surface area contributed by atoms with Crippen LogP contribution in [-0.4, -0.2) is 44.3 Å². The molecule has 0 radical (unpaired) electrons. The topological polar surface area (TPSA) is 92.8 Å². The van der Waals surface area contributed by atoms with E-state index in [1.807, 2.05) is 0 Å². The number of benzene rings is 1. The summed E-state index contributed by atoms with van der Waals surface area (Å²) in [5, 5.41) is 2.61. The number of sulfonamides is 1. The lowest BCUT2D eigenvalue weighted by Gasteiger charge is -2.20. The Kier molecular flexibility index (Phi) is 7.66. The molecule has 1 amide bonds. The van der Waals surface area contributed by atoms with E-state index >= 15 is 0 Å². The van der Waals surface area contributed by atoms with E-state index in [2.05, 4.69) is 5.32 Å². The van der Waals surface area contributed by atoms with Gasteiger partial charge in [-0.25, -0.2) is 8.42 Å². The summed E-state index contributed by atoms with van der Waals surface area (Å²) < 4.78 is 31.8. The van der Waals surface area contributed by atoms with E-state index in [4.69, 9.17) is 4.74 Å². The molecule has 0 unspecified atom stereocenters. The molecule has 8 heteroatoms. The van der Waals surface area contributed by atoms with Crippen LogP contribution in [0.5, 0.6) is 0 Å². The van der Waals surface area contributed by atoms with Crippen LogP contribution in [0.3, 0.4) is 0 Å². The summed E-state index contributed by atoms with van der Waals surface area (Å²) in [6.07, 6.45) is 8.96. The van der Waals surface area contributed by atoms with Gasteiger partial charge in [0, 0.05) is 25.2 Å². The summed E-state index contributed by atoms with van der Waals surface area (Å²) in [6, 6.07) is 6.17. The van der Waals surface area contributed by atoms with E-state index in [-0.39, 0.29) is 17.5 Å². The predicted octanol–water partition coefficient (Wildman–Crippen LogP) is 3.31. The number of rotatable bonds is 8. The fourth-order valence-electron chi connectivity index (χ4n) is 4.02. The number of amides is 1. The van der Waals surface area contributed by atoms with Gasteiger partial charge in [-0.3, -0.25) is 9.59 Å². The molecule has 3 rings (SSSR count). The third kappa shape index (κ3) is 6.27. The minimum Gasteiger partial charge on any atom is -0.456 e. The molecule has 7 nitrogen and oxygen atoms in total. The molecule has 0 atom stereocenters. The van der Waals surface area contributed by atoms with Gasteiger partial charge < -0.3 is 10.1 Å². The fourth-order valence-corrected chi connectivity index (χ4v) is 5.59. The molecule has 2 fully saturated rings. The number of carbonyl (C=O) groups excluding carboxylic acids is 2. The van der Waals surface area contributed by atoms with Crippen LogP contribution >= 0.6 is 0 Å². The normalized spacial score (nSPS) is 18.5. The SMILES string of the molecule is O=C(COC(=O)CCC1CCCCC1)Nc1cccc(S(=O)(=O)N2CCCC2)c1. The third-order valence-electron chi connectivity index (χ3n) is 5.67. The minimum absolute atomic E-state index is 0.154. The van der Waals surface area contributed by atoms with Crippen LogP contribution in [0.1, 0.15) is 57.8 Å². The molecule has 1 N–H and O–H groups in total. The maximum absolute atomic E-state index is 12.6. The average molecular weight is 423 g/mol. The number of anilines is 1. The van der Waals surface area contributed by atoms with Crippen molar-refractivity contribution in [2.45, 2.75) is 62.7 Å². The highest BCUT2D eigenvalue weighted by atomic mass is 32.2. The van der Waals surface area contributed by atoms with Crippen molar-refractivity contribution in [3.05, 3.63) is 24.3 Å². The van der Waals surface area contributed by atoms with E-state index in [9.17, 15) is 18.0 Å². The van der Waals surface area contributed by atoms with Crippen LogP contribution in [0.2, 0.25) is 0 Å². The zero-order valence-corrected chi connectivity index (χ0v) is 17.6. The van der Waals surface area contributed by atoms with Crippen molar-refractivity contribution in [3.8, 4) is 0 Å². The number of carbonyl (C=O) groups is 2. The first-order valence-corrected chi connectivity index (χ1v) is 11.9. The zero-order valence-electron chi connectivity index (χ0n) is 16.8. The smallest absolute Gasteiger partial charge is 0.306 e. The maximum Gasteiger partial charge on any atom is 0.306 e. The van der Waals surface area contributed by atoms with Gasteiger partial charge in [-0.2, -0.15) is 4.31 Å². The van der Waals surface area contributed by atoms with E-state index in [1.165, 1.54) is 48.5 Å². The number of ether oxygens (including phenoxy) is 1. The van der Waals surface area contributed by atoms with Crippen molar-refractivity contribution < 1.29 is 22.7 Å². The number of hydrogen-bond acceptors (Lipinski definition) is 5. The third-order valence-corrected chi connectivity index (χ3v) is 7.56. The van der Waals surface area contributed by atoms with E-state index in [0.29, 0.717) is 31.1 Å². The lowest BCUT2D eigenvalue weighted by molar-refractivity contribution is -0.147. The van der Waals surface area contributed by atoms with Crippen molar-refractivity contribution in [3.63, 3.8) is 0 Å². The molecule has 0 bridgehead atoms. The molecule has 1 heterocycles. The Balaban J connectivity index is 1.46. The summed E-state index contributed by atoms with van der Waals surface area (Å²) in [6.45, 7) is 0.679. The quantitative estimate of drug-likeness (QED) is 0.649. The molecule has 1 aromatic rings. The molecular formula is C21H30N2O5S. The predicted molar refractivity (Wildman–Crippen MR) is 110 cm³/mol. The van der Waals surface area contributed by atoms with Gasteiger partial charge >= 0.3 is 5.97 Å². The highest BCUT2D eigenvalue weighted by molar-refractivity contribution is 7.89. The first-order chi connectivity index (χ1) is 13.9. The molecule has 1 aliphatic heterocycles. The van der Waals surface area contributed by atoms with Gasteiger partial charge in [0.25, 0.3) is 5.91 Å². The molecule has 0 spiro atoms. The minimum atomic E-state index is -3.54. The summed E-state index contributed by atoms with van der Waals surface area (Å²) in [4.78, 5) is 24.1. The average Bonchev–Trinajstić information content (AvgIpc) is 3.27. The van der Waals surface area contributed by atoms with Gasteiger partial charge in [0.05, 0.1) is 4.90 Å². The molecule has 1 saturated heterocycles. The van der Waals surface area contributed by atoms with Gasteiger partial charge in [0.15, 0.2) is 6.61 Å². The Morgan fingerprint density at radius 1 is 1.07 bits per heavy atom. The van der Waals surface area contributed by atoms with Crippen LogP contribution in [0.25, 0.3) is 0 Å². The van der Waals surface area contributed by atoms with Gasteiger partial charge in [-0.15, -0.1) is 0 Å². The van der Waals surface area contributed by atoms with Gasteiger partial charge in [-0.1, -0.05) is 38.2 Å². The second-order valence-electron chi connectivity index (χ2n) is 7.89. The van der Waals surface area contributed by atoms with Crippen LogP contribution in [-0.2, 0) is 24.3 Å². The Labute approximate surface area is 172 Å². The Morgan fingerprint density at radius 3 is 2.52 bits per heavy atom. The molecule has 0 aromatic heterocycles. The second kappa shape index (κ2) is 10.2. The number of nitrogens with one attached hydrogen (secondary N) is 1. The standard InChI is InChI=1S/C21H30N2O5S/c24-20(16-28-21(25)12-11-17-7-2-1-3-8-17)22-18-9-6-10-19(15-18)29(26,27)23-13-4-5-14-23/h6,9-10,15,17H,1-5,7-8,11-14,16H2,(H,22,24). The monoisotopic (exact) mass is 422 g/mol. The van der Waals surface area contributed by atoms with Crippen LogP contribution in [0, 0.1) is 5.92 Å². The van der Waals surface area contributed by atoms with Crippen molar-refractivity contribution in [1.82, 2.24) is 4.31 Å². The lowest BCUT2D eigenvalue weighted by Crippen LogP contribution is -2.28. The van der Waals surface area contributed by atoms with Crippen molar-refractivity contribution in [2.75, 3.05) is 25.0 Å². The van der Waals surface area contributed by atoms with Crippen molar-refractivity contribution in [1.29, 1.82) is 0 Å². The maximum atomic E-state index is 12.6. The highest BCUT2D eigenvalue weighted by Gasteiger charge is 2.27. The van der Waals surface area contributed by atoms with Gasteiger partial charge in [0.2, 0.25) is 10.0 Å². The first-order valence-electron chi connectivity index (χ1n) is 10.5. The number of esters is 1. The molecule has 160 valence electrons. The number of nitrogens with zero attached hydrogens (tertiary/aromatic N) is 1. The van der Waals surface area contributed by atoms with E-state index < -0.39 is 15.9 Å². The largest absolute Gasteiger partial charge is 0.456 e. The lowest BCUT2D eigenvalue weighted by atomic mass is 9.86. The molecule has 2 aliphatic rings. The highest BCUT2D eigenvalue weighted by Crippen LogP contribution is 2.27. The Hall–Kier alpha value is -1.93. The van der Waals surface area contributed by atoms with Crippen LogP contribution in [0.4, 0.5) is 5.69 Å². The van der Waals surface area contributed by atoms with Gasteiger partial charge in [-0.05, 0) is 43.4 Å². The molecular weight excluding hydrogens is 392 g/mol. The zero-order chi connectivity index (χ0) is 20.7. The summed E-state index contributed by atoms with van der Waals surface area (Å²) >= 11 is 0. The second-order valence-corrected chi connectivity index (χ2v) is 9.83. The van der Waals surface area contributed by atoms with Crippen LogP contribution in [0.15, 0.2) is 29.2 Å². The summed E-state index contributed by atoms with van der Waals surface area (Å²) in [7, 11) is -3.54. The van der Waals surface area contributed by atoms with E-state index in [1.54, 1.807) is 12.1 Å². The van der Waals surface area contributed by atoms with Crippen LogP contribution < -0.4 is 5.32 Å². The molecule has 1 aliphatic carbocycles. The van der Waals surface area contributed by atoms with Crippen molar-refractivity contribution in [2.24, 2.45) is 5.92 Å². The molecule has 1 saturated carbocycles. The fraction of sp³-hybridized carbons (Fsp3) is 0.619.